The van der Waals surface area contributed by atoms with Crippen LogP contribution in [0, 0.1) is 29.6 Å². The van der Waals surface area contributed by atoms with E-state index in [1.807, 2.05) is 0 Å². The van der Waals surface area contributed by atoms with Gasteiger partial charge in [0.25, 0.3) is 17.2 Å². The third kappa shape index (κ3) is 2.01. The van der Waals surface area contributed by atoms with Crippen molar-refractivity contribution < 1.29 is 26.5 Å². The molecule has 1 heterocycles. The van der Waals surface area contributed by atoms with Crippen molar-refractivity contribution in [2.75, 3.05) is 0 Å². The van der Waals surface area contributed by atoms with Crippen LogP contribution in [0.15, 0.2) is 0 Å². The first kappa shape index (κ1) is 14.9. The van der Waals surface area contributed by atoms with Crippen LogP contribution in [0.1, 0.15) is 24.1 Å². The van der Waals surface area contributed by atoms with Crippen LogP contribution < -0.4 is 4.57 Å². The average molecular weight is 279 g/mol. The van der Waals surface area contributed by atoms with E-state index in [0.29, 0.717) is 0 Å². The fraction of sp³-hybridized carbons (Fsp3) is 0.500. The van der Waals surface area contributed by atoms with E-state index in [1.54, 1.807) is 0 Å². The summed E-state index contributed by atoms with van der Waals surface area (Å²) in [5.74, 6) is -0.516. The largest absolute Gasteiger partial charge is 0.500 e. The highest BCUT2D eigenvalue weighted by Crippen LogP contribution is 2.41. The fourth-order valence-corrected chi connectivity index (χ4v) is 1.75. The summed E-state index contributed by atoms with van der Waals surface area (Å²) in [6.07, 6.45) is -5.86. The molecule has 0 aromatic carbocycles. The van der Waals surface area contributed by atoms with Gasteiger partial charge in [0, 0.05) is 6.92 Å². The first-order valence-corrected chi connectivity index (χ1v) is 5.03. The molecule has 0 amide bonds. The summed E-state index contributed by atoms with van der Waals surface area (Å²) in [5.41, 5.74) is -1.53. The highest BCUT2D eigenvalue weighted by molar-refractivity contribution is 5.34. The average Bonchev–Trinajstić information content (AvgIpc) is 2.59. The summed E-state index contributed by atoms with van der Waals surface area (Å²) in [6, 6.07) is -2.56. The molecular weight excluding hydrogens is 271 g/mol. The Morgan fingerprint density at radius 1 is 1.16 bits per heavy atom. The molecule has 9 heteroatoms. The van der Waals surface area contributed by atoms with Gasteiger partial charge in [0.2, 0.25) is 0 Å². The Morgan fingerprint density at radius 3 is 2.00 bits per heavy atom. The minimum absolute atomic E-state index is 0.00958. The molecular formula is C10H8F5N4+. The number of rotatable bonds is 2. The summed E-state index contributed by atoms with van der Waals surface area (Å²) in [5, 5.41) is 17.6. The second-order valence-corrected chi connectivity index (χ2v) is 3.59. The maximum Gasteiger partial charge on any atom is 0.500 e. The number of nitriles is 2. The zero-order valence-electron chi connectivity index (χ0n) is 9.89. The van der Waals surface area contributed by atoms with Crippen LogP contribution in [0.4, 0.5) is 22.0 Å². The van der Waals surface area contributed by atoms with Crippen LogP contribution in [0.3, 0.4) is 0 Å². The Labute approximate surface area is 104 Å². The van der Waals surface area contributed by atoms with Gasteiger partial charge in [-0.1, -0.05) is 0 Å². The molecule has 0 atom stereocenters. The van der Waals surface area contributed by atoms with Crippen molar-refractivity contribution in [1.82, 2.24) is 4.57 Å². The normalized spacial score (nSPS) is 12.1. The van der Waals surface area contributed by atoms with Crippen molar-refractivity contribution in [1.29, 1.82) is 10.5 Å². The summed E-state index contributed by atoms with van der Waals surface area (Å²) in [7, 11) is 0. The van der Waals surface area contributed by atoms with Crippen molar-refractivity contribution in [3.05, 3.63) is 17.2 Å². The van der Waals surface area contributed by atoms with Gasteiger partial charge in [-0.25, -0.2) is 4.57 Å². The molecule has 0 aliphatic carbocycles. The number of imidazole rings is 1. The van der Waals surface area contributed by atoms with Gasteiger partial charge in [-0.3, -0.25) is 0 Å². The third-order valence-corrected chi connectivity index (χ3v) is 2.58. The molecule has 0 fully saturated rings. The van der Waals surface area contributed by atoms with Gasteiger partial charge in [0.15, 0.2) is 0 Å². The lowest BCUT2D eigenvalue weighted by Gasteiger charge is -2.16. The predicted octanol–water partition coefficient (Wildman–Crippen LogP) is 1.96. The van der Waals surface area contributed by atoms with Gasteiger partial charge in [-0.05, 0) is 6.92 Å². The Balaban J connectivity index is 3.78. The van der Waals surface area contributed by atoms with Gasteiger partial charge < -0.3 is 0 Å². The Morgan fingerprint density at radius 2 is 1.68 bits per heavy atom. The van der Waals surface area contributed by atoms with Crippen LogP contribution in [0.5, 0.6) is 0 Å². The number of aromatic nitrogens is 2. The molecule has 0 spiro atoms. The molecule has 102 valence electrons. The van der Waals surface area contributed by atoms with E-state index < -0.39 is 34.0 Å². The molecule has 0 unspecified atom stereocenters. The second kappa shape index (κ2) is 4.50. The zero-order chi connectivity index (χ0) is 15.0. The summed E-state index contributed by atoms with van der Waals surface area (Å²) >= 11 is 0. The molecule has 1 rings (SSSR count). The van der Waals surface area contributed by atoms with Gasteiger partial charge in [-0.15, -0.1) is 4.57 Å². The van der Waals surface area contributed by atoms with Crippen molar-refractivity contribution in [3.8, 4) is 12.1 Å². The van der Waals surface area contributed by atoms with Gasteiger partial charge in [0.05, 0.1) is 6.54 Å². The monoisotopic (exact) mass is 279 g/mol. The van der Waals surface area contributed by atoms with Crippen LogP contribution in [0.25, 0.3) is 0 Å². The molecule has 1 aromatic rings. The highest BCUT2D eigenvalue weighted by atomic mass is 19.4. The SMILES string of the molecule is CC[n+]1c(C#N)c(C#N)n(C(F)(F)C(F)(F)F)c1C. The number of hydrogen-bond donors (Lipinski definition) is 0. The minimum atomic E-state index is -5.86. The van der Waals surface area contributed by atoms with Gasteiger partial charge in [-0.2, -0.15) is 32.5 Å². The summed E-state index contributed by atoms with van der Waals surface area (Å²) < 4.78 is 64.5. The number of hydrogen-bond acceptors (Lipinski definition) is 2. The summed E-state index contributed by atoms with van der Waals surface area (Å²) in [6.45, 7) is 2.44. The molecule has 0 aliphatic rings. The quantitative estimate of drug-likeness (QED) is 0.613. The van der Waals surface area contributed by atoms with E-state index in [1.165, 1.54) is 19.1 Å². The van der Waals surface area contributed by atoms with Crippen LogP contribution in [-0.2, 0) is 12.6 Å². The molecule has 0 saturated carbocycles. The molecule has 0 radical (unpaired) electrons. The van der Waals surface area contributed by atoms with Crippen LogP contribution >= 0.6 is 0 Å². The van der Waals surface area contributed by atoms with Crippen LogP contribution in [0.2, 0.25) is 0 Å². The van der Waals surface area contributed by atoms with Crippen molar-refractivity contribution in [2.45, 2.75) is 32.6 Å². The topological polar surface area (TPSA) is 56.4 Å². The number of alkyl halides is 5. The molecule has 0 aliphatic heterocycles. The molecule has 19 heavy (non-hydrogen) atoms. The van der Waals surface area contributed by atoms with Crippen molar-refractivity contribution in [3.63, 3.8) is 0 Å². The van der Waals surface area contributed by atoms with Gasteiger partial charge >= 0.3 is 12.2 Å². The zero-order valence-corrected chi connectivity index (χ0v) is 9.89. The van der Waals surface area contributed by atoms with E-state index in [-0.39, 0.29) is 6.54 Å². The van der Waals surface area contributed by atoms with E-state index >= 15 is 0 Å². The lowest BCUT2D eigenvalue weighted by Crippen LogP contribution is -2.44. The van der Waals surface area contributed by atoms with E-state index in [2.05, 4.69) is 0 Å². The molecule has 0 saturated heterocycles. The number of nitrogens with zero attached hydrogens (tertiary/aromatic N) is 4. The van der Waals surface area contributed by atoms with E-state index in [0.717, 1.165) is 11.5 Å². The maximum atomic E-state index is 13.4. The summed E-state index contributed by atoms with van der Waals surface area (Å²) in [4.78, 5) is 0. The second-order valence-electron chi connectivity index (χ2n) is 3.59. The first-order valence-electron chi connectivity index (χ1n) is 5.03. The minimum Gasteiger partial charge on any atom is -0.218 e. The lowest BCUT2D eigenvalue weighted by atomic mass is 10.3. The van der Waals surface area contributed by atoms with Crippen molar-refractivity contribution >= 4 is 0 Å². The third-order valence-electron chi connectivity index (χ3n) is 2.58. The smallest absolute Gasteiger partial charge is 0.218 e. The van der Waals surface area contributed by atoms with Crippen molar-refractivity contribution in [2.24, 2.45) is 0 Å². The Hall–Kier alpha value is -2.16. The van der Waals surface area contributed by atoms with E-state index in [4.69, 9.17) is 10.5 Å². The lowest BCUT2D eigenvalue weighted by molar-refractivity contribution is -0.702. The highest BCUT2D eigenvalue weighted by Gasteiger charge is 2.66. The Kier molecular flexibility index (Phi) is 3.53. The van der Waals surface area contributed by atoms with E-state index in [9.17, 15) is 22.0 Å². The van der Waals surface area contributed by atoms with Crippen LogP contribution in [-0.4, -0.2) is 10.7 Å². The molecule has 0 N–H and O–H groups in total. The maximum absolute atomic E-state index is 13.4. The van der Waals surface area contributed by atoms with Gasteiger partial charge in [0.1, 0.15) is 12.1 Å². The molecule has 0 bridgehead atoms. The Bertz CT molecular complexity index is 585. The standard InChI is InChI=1S/C10H8F5N4/c1-3-18-6(2)19(8(5-17)7(18)4-16)10(14,15)9(11,12)13/h3H2,1-2H3/q+1. The number of halogens is 5. The fourth-order valence-electron chi connectivity index (χ4n) is 1.75. The molecule has 4 nitrogen and oxygen atoms in total. The predicted molar refractivity (Wildman–Crippen MR) is 50.7 cm³/mol. The molecule has 1 aromatic heterocycles. The first-order chi connectivity index (χ1) is 8.63.